The van der Waals surface area contributed by atoms with E-state index in [-0.39, 0.29) is 24.8 Å². The molecule has 1 rings (SSSR count). The molecule has 0 aromatic carbocycles. The van der Waals surface area contributed by atoms with Crippen molar-refractivity contribution in [1.82, 2.24) is 0 Å². The van der Waals surface area contributed by atoms with Crippen molar-refractivity contribution in [3.05, 3.63) is 20.1 Å². The summed E-state index contributed by atoms with van der Waals surface area (Å²) in [6, 6.07) is 0. The number of allylic oxidation sites excluding steroid dienone is 4. The first kappa shape index (κ1) is 16.6. The summed E-state index contributed by atoms with van der Waals surface area (Å²) in [5.41, 5.74) is 1.61. The molecule has 0 atom stereocenters. The van der Waals surface area contributed by atoms with E-state index in [0.29, 0.717) is 0 Å². The first-order valence-corrected chi connectivity index (χ1v) is 8.78. The van der Waals surface area contributed by atoms with Crippen LogP contribution in [0.25, 0.3) is 0 Å². The molecule has 0 aromatic heterocycles. The van der Waals surface area contributed by atoms with Crippen LogP contribution in [0.2, 0.25) is 19.6 Å². The van der Waals surface area contributed by atoms with Crippen LogP contribution in [0.5, 0.6) is 0 Å². The normalized spacial score (nSPS) is 16.1. The van der Waals surface area contributed by atoms with Crippen LogP contribution in [0.15, 0.2) is 20.1 Å². The zero-order valence-corrected chi connectivity index (χ0v) is 13.7. The molecule has 0 aliphatic heterocycles. The zero-order valence-electron chi connectivity index (χ0n) is 8.60. The standard InChI is InChI=1S/C9H15Si.2ClH.Zr/c1-8-6-5-7-9(8)10(2,3)4;;;/h7H,5H2,1-4H3;2*1H;. The third-order valence-corrected chi connectivity index (χ3v) is 5.79. The van der Waals surface area contributed by atoms with E-state index in [2.05, 4.69) is 32.6 Å². The Bertz CT molecular complexity index is 238. The number of hydrogen-bond donors (Lipinski definition) is 0. The molecule has 0 fully saturated rings. The fraction of sp³-hybridized carbons (Fsp3) is 0.556. The molecule has 0 saturated heterocycles. The molecule has 75 valence electrons. The quantitative estimate of drug-likeness (QED) is 0.645. The maximum atomic E-state index is 2.45. The first-order chi connectivity index (χ1) is 4.93. The van der Waals surface area contributed by atoms with Crippen LogP contribution in [0.4, 0.5) is 0 Å². The third kappa shape index (κ3) is 4.03. The molecule has 0 heterocycles. The molecule has 0 saturated carbocycles. The van der Waals surface area contributed by atoms with Gasteiger partial charge in [0.05, 0.1) is 0 Å². The van der Waals surface area contributed by atoms with E-state index in [1.165, 1.54) is 6.42 Å². The Kier molecular flexibility index (Phi) is 7.53. The van der Waals surface area contributed by atoms with E-state index >= 15 is 0 Å². The van der Waals surface area contributed by atoms with E-state index in [4.69, 9.17) is 0 Å². The minimum atomic E-state index is -1.01. The van der Waals surface area contributed by atoms with Crippen molar-refractivity contribution in [2.45, 2.75) is 33.0 Å². The second-order valence-electron chi connectivity index (χ2n) is 4.18. The largest absolute Gasteiger partial charge is 0.147 e. The number of rotatable bonds is 1. The average molecular weight is 315 g/mol. The topological polar surface area (TPSA) is 0 Å². The fourth-order valence-corrected chi connectivity index (χ4v) is 4.42. The van der Waals surface area contributed by atoms with Crippen molar-refractivity contribution in [3.8, 4) is 0 Å². The summed E-state index contributed by atoms with van der Waals surface area (Å²) in [6.07, 6.45) is 3.69. The van der Waals surface area contributed by atoms with Gasteiger partial charge in [0.25, 0.3) is 0 Å². The van der Waals surface area contributed by atoms with E-state index in [0.717, 1.165) is 0 Å². The summed E-state index contributed by atoms with van der Waals surface area (Å²) in [4.78, 5) is 0. The molecule has 0 nitrogen and oxygen atoms in total. The summed E-state index contributed by atoms with van der Waals surface area (Å²) >= 11 is 1.61. The van der Waals surface area contributed by atoms with E-state index in [1.807, 2.05) is 0 Å². The van der Waals surface area contributed by atoms with Crippen LogP contribution in [-0.2, 0) is 24.7 Å². The predicted molar refractivity (Wildman–Crippen MR) is 63.2 cm³/mol. The van der Waals surface area contributed by atoms with Gasteiger partial charge in [-0.1, -0.05) is 0 Å². The molecule has 0 amide bonds. The molecule has 0 unspecified atom stereocenters. The molecule has 4 heteroatoms. The van der Waals surface area contributed by atoms with Gasteiger partial charge in [0.2, 0.25) is 0 Å². The van der Waals surface area contributed by atoms with Gasteiger partial charge in [-0.15, -0.1) is 24.8 Å². The van der Waals surface area contributed by atoms with Crippen LogP contribution in [0.1, 0.15) is 13.3 Å². The molecule has 0 aromatic rings. The Morgan fingerprint density at radius 3 is 1.85 bits per heavy atom. The van der Waals surface area contributed by atoms with Gasteiger partial charge in [-0.05, 0) is 0 Å². The predicted octanol–water partition coefficient (Wildman–Crippen LogP) is 3.86. The minimum absolute atomic E-state index is 0. The SMILES string of the molecule is CC1=[C]([Zr])CC=C1[Si](C)(C)C.Cl.Cl. The molecular weight excluding hydrogens is 298 g/mol. The van der Waals surface area contributed by atoms with Gasteiger partial charge >= 0.3 is 85.9 Å². The molecule has 0 bridgehead atoms. The minimum Gasteiger partial charge on any atom is -0.147 e. The number of halogens is 2. The maximum Gasteiger partial charge on any atom is -0.147 e. The van der Waals surface area contributed by atoms with Crippen LogP contribution in [0, 0.1) is 0 Å². The zero-order chi connectivity index (χ0) is 8.65. The van der Waals surface area contributed by atoms with Crippen molar-refractivity contribution in [1.29, 1.82) is 0 Å². The van der Waals surface area contributed by atoms with Gasteiger partial charge in [-0.3, -0.25) is 0 Å². The third-order valence-electron chi connectivity index (χ3n) is 2.17. The van der Waals surface area contributed by atoms with Crippen molar-refractivity contribution in [3.63, 3.8) is 0 Å². The smallest absolute Gasteiger partial charge is 0.147 e. The first-order valence-electron chi connectivity index (χ1n) is 4.05. The summed E-state index contributed by atoms with van der Waals surface area (Å²) < 4.78 is 1.66. The Labute approximate surface area is 110 Å². The van der Waals surface area contributed by atoms with Crippen LogP contribution < -0.4 is 0 Å². The summed E-state index contributed by atoms with van der Waals surface area (Å²) in [5.74, 6) is 0. The molecule has 1 aliphatic rings. The van der Waals surface area contributed by atoms with Crippen LogP contribution >= 0.6 is 24.8 Å². The van der Waals surface area contributed by atoms with Gasteiger partial charge in [-0.25, -0.2) is 0 Å². The van der Waals surface area contributed by atoms with Gasteiger partial charge in [0, 0.05) is 0 Å². The number of hydrogen-bond acceptors (Lipinski definition) is 0. The molecule has 0 radical (unpaired) electrons. The van der Waals surface area contributed by atoms with E-state index in [9.17, 15) is 0 Å². The Morgan fingerprint density at radius 1 is 1.23 bits per heavy atom. The van der Waals surface area contributed by atoms with Crippen LogP contribution in [0.3, 0.4) is 0 Å². The maximum absolute atomic E-state index is 2.45. The average Bonchev–Trinajstić information content (AvgIpc) is 2.11. The summed E-state index contributed by atoms with van der Waals surface area (Å²) in [5, 5.41) is 1.70. The molecule has 0 spiro atoms. The second kappa shape index (κ2) is 5.90. The van der Waals surface area contributed by atoms with Crippen molar-refractivity contribution in [2.75, 3.05) is 0 Å². The molecular formula is C9H17Cl2SiZr. The van der Waals surface area contributed by atoms with Gasteiger partial charge < -0.3 is 0 Å². The monoisotopic (exact) mass is 313 g/mol. The summed E-state index contributed by atoms with van der Waals surface area (Å²) in [7, 11) is -1.01. The van der Waals surface area contributed by atoms with Crippen molar-refractivity contribution in [2.24, 2.45) is 0 Å². The van der Waals surface area contributed by atoms with Gasteiger partial charge in [0.15, 0.2) is 0 Å². The molecule has 13 heavy (non-hydrogen) atoms. The molecule has 0 N–H and O–H groups in total. The van der Waals surface area contributed by atoms with E-state index in [1.54, 1.807) is 38.8 Å². The molecule has 1 aliphatic carbocycles. The summed E-state index contributed by atoms with van der Waals surface area (Å²) in [6.45, 7) is 9.58. The van der Waals surface area contributed by atoms with E-state index < -0.39 is 8.07 Å². The Hall–Kier alpha value is 1.16. The Morgan fingerprint density at radius 2 is 1.69 bits per heavy atom. The van der Waals surface area contributed by atoms with Gasteiger partial charge in [-0.2, -0.15) is 0 Å². The van der Waals surface area contributed by atoms with Crippen LogP contribution in [-0.4, -0.2) is 8.07 Å². The second-order valence-corrected chi connectivity index (χ2v) is 10.7. The van der Waals surface area contributed by atoms with Crippen molar-refractivity contribution >= 4 is 32.9 Å². The Balaban J connectivity index is 0. The van der Waals surface area contributed by atoms with Crippen molar-refractivity contribution < 1.29 is 24.7 Å². The van der Waals surface area contributed by atoms with Gasteiger partial charge in [0.1, 0.15) is 0 Å². The fourth-order valence-electron chi connectivity index (χ4n) is 1.54.